The first kappa shape index (κ1) is 60.8. The van der Waals surface area contributed by atoms with Crippen LogP contribution in [-0.4, -0.2) is 145 Å². The number of rotatable bonds is 15. The van der Waals surface area contributed by atoms with Crippen LogP contribution in [0.4, 0.5) is 81.7 Å². The minimum absolute atomic E-state index is 0.0346. The van der Waals surface area contributed by atoms with E-state index in [4.69, 9.17) is 0 Å². The van der Waals surface area contributed by atoms with Crippen molar-refractivity contribution in [2.45, 2.75) is 45.1 Å². The number of likely N-dealkylation sites (tertiary alicyclic amines) is 1. The van der Waals surface area contributed by atoms with E-state index in [1.807, 2.05) is 42.9 Å². The maximum Gasteiger partial charge on any atom is 0.416 e. The lowest BCUT2D eigenvalue weighted by Crippen LogP contribution is -2.34. The molecule has 26 heteroatoms. The fourth-order valence-electron chi connectivity index (χ4n) is 9.46. The van der Waals surface area contributed by atoms with Crippen molar-refractivity contribution in [1.29, 1.82) is 0 Å². The number of urea groups is 2. The smallest absolute Gasteiger partial charge is 0.373 e. The van der Waals surface area contributed by atoms with E-state index in [1.165, 1.54) is 46.7 Å². The minimum atomic E-state index is -4.58. The fraction of sp³-hybridized carbons (Fsp3) is 0.310. The molecular weight excluding hydrogens is 1100 g/mol. The van der Waals surface area contributed by atoms with E-state index >= 15 is 0 Å². The number of aromatic amines is 2. The zero-order chi connectivity index (χ0) is 60.8. The molecule has 1 aliphatic heterocycles. The van der Waals surface area contributed by atoms with Gasteiger partial charge in [0, 0.05) is 82.2 Å². The van der Waals surface area contributed by atoms with Gasteiger partial charge in [-0.1, -0.05) is 12.1 Å². The van der Waals surface area contributed by atoms with Crippen LogP contribution < -0.4 is 40.9 Å². The van der Waals surface area contributed by atoms with Crippen LogP contribution in [0.25, 0.3) is 22.1 Å². The van der Waals surface area contributed by atoms with Crippen LogP contribution in [0.15, 0.2) is 110 Å². The van der Waals surface area contributed by atoms with E-state index in [2.05, 4.69) is 56.1 Å². The van der Waals surface area contributed by atoms with Crippen LogP contribution in [0.2, 0.25) is 0 Å². The molecule has 0 bridgehead atoms. The third-order valence-electron chi connectivity index (χ3n) is 14.3. The van der Waals surface area contributed by atoms with Gasteiger partial charge in [-0.3, -0.25) is 19.4 Å². The molecule has 6 amide bonds. The predicted octanol–water partition coefficient (Wildman–Crippen LogP) is 10.9. The molecule has 1 saturated heterocycles. The standard InChI is InChI=1S/C29H31F3N8O2.C29H33F3N8O2/c1-17-5-6-18(13-22(17)37-28(42)40(4)26-21-9-11-33-25(21)34-16-35-26)27(41)36-23-14-19(29(30,31)32)7-8-24(23)39(3)20-10-12-38(2)15-20;1-18-7-8-19(15-22(18)37-28(42)40(5)26-21-11-12-33-25(21)34-17-35-26)27(41)36-23-16-20(29(30,31)32)9-10-24(23)39(4)14-6-13-38(2)3/h5-9,11,13-14,16,20H,10,12,15H2,1-4H3,(H,36,41)(H,37,42)(H,33,34,35);7-12,15-17H,6,13-14H2,1-5H3,(H,36,41)(H,37,42)(H,33,34,35). The quantitative estimate of drug-likeness (QED) is 0.0528. The Morgan fingerprint density at radius 3 is 1.49 bits per heavy atom. The van der Waals surface area contributed by atoms with Gasteiger partial charge < -0.3 is 50.8 Å². The number of carbonyl (C=O) groups is 4. The first-order chi connectivity index (χ1) is 39.8. The molecule has 8 aromatic rings. The van der Waals surface area contributed by atoms with Crippen LogP contribution in [0.3, 0.4) is 0 Å². The fourth-order valence-corrected chi connectivity index (χ4v) is 9.46. The molecule has 0 saturated carbocycles. The van der Waals surface area contributed by atoms with Crippen molar-refractivity contribution in [2.24, 2.45) is 0 Å². The van der Waals surface area contributed by atoms with Gasteiger partial charge in [0.2, 0.25) is 0 Å². The van der Waals surface area contributed by atoms with E-state index in [-0.39, 0.29) is 28.5 Å². The summed E-state index contributed by atoms with van der Waals surface area (Å²) in [6, 6.07) is 18.7. The number of likely N-dealkylation sites (N-methyl/N-ethyl adjacent to an activating group) is 2. The molecule has 4 aromatic carbocycles. The number of hydrogen-bond donors (Lipinski definition) is 6. The van der Waals surface area contributed by atoms with E-state index in [9.17, 15) is 45.5 Å². The highest BCUT2D eigenvalue weighted by atomic mass is 19.4. The molecule has 0 radical (unpaired) electrons. The third-order valence-corrected chi connectivity index (χ3v) is 14.3. The molecule has 0 spiro atoms. The number of nitrogens with zero attached hydrogens (tertiary/aromatic N) is 10. The van der Waals surface area contributed by atoms with Crippen LogP contribution in [-0.2, 0) is 12.4 Å². The molecule has 6 N–H and O–H groups in total. The van der Waals surface area contributed by atoms with Crippen LogP contribution in [0.1, 0.15) is 55.8 Å². The van der Waals surface area contributed by atoms with Gasteiger partial charge in [0.1, 0.15) is 35.6 Å². The van der Waals surface area contributed by atoms with Crippen molar-refractivity contribution < 1.29 is 45.5 Å². The highest BCUT2D eigenvalue weighted by molar-refractivity contribution is 6.10. The molecule has 1 aliphatic rings. The van der Waals surface area contributed by atoms with Crippen LogP contribution in [0, 0.1) is 13.8 Å². The van der Waals surface area contributed by atoms with Crippen molar-refractivity contribution in [3.05, 3.63) is 143 Å². The summed E-state index contributed by atoms with van der Waals surface area (Å²) in [7, 11) is 12.6. The van der Waals surface area contributed by atoms with E-state index in [1.54, 1.807) is 83.8 Å². The van der Waals surface area contributed by atoms with Gasteiger partial charge in [0.05, 0.1) is 44.6 Å². The number of halogens is 6. The van der Waals surface area contributed by atoms with Crippen molar-refractivity contribution in [1.82, 2.24) is 39.7 Å². The van der Waals surface area contributed by atoms with Gasteiger partial charge in [-0.2, -0.15) is 26.3 Å². The lowest BCUT2D eigenvalue weighted by Gasteiger charge is -2.29. The molecule has 5 heterocycles. The van der Waals surface area contributed by atoms with Crippen molar-refractivity contribution in [2.75, 3.05) is 116 Å². The summed E-state index contributed by atoms with van der Waals surface area (Å²) in [5.41, 5.74) is 2.88. The Morgan fingerprint density at radius 1 is 0.583 bits per heavy atom. The average molecular weight is 1160 g/mol. The topological polar surface area (TPSA) is 219 Å². The molecule has 84 heavy (non-hydrogen) atoms. The van der Waals surface area contributed by atoms with E-state index < -0.39 is 47.4 Å². The van der Waals surface area contributed by atoms with Gasteiger partial charge in [-0.15, -0.1) is 0 Å². The molecule has 442 valence electrons. The number of aryl methyl sites for hydroxylation is 2. The lowest BCUT2D eigenvalue weighted by molar-refractivity contribution is -0.138. The lowest BCUT2D eigenvalue weighted by atomic mass is 10.1. The number of nitrogens with one attached hydrogen (secondary N) is 6. The molecule has 1 fully saturated rings. The number of carbonyl (C=O) groups excluding carboxylic acids is 4. The number of anilines is 8. The number of benzene rings is 4. The Labute approximate surface area is 480 Å². The van der Waals surface area contributed by atoms with Crippen LogP contribution >= 0.6 is 0 Å². The molecule has 1 unspecified atom stereocenters. The summed E-state index contributed by atoms with van der Waals surface area (Å²) in [5.74, 6) is -0.454. The maximum atomic E-state index is 13.6. The third kappa shape index (κ3) is 14.3. The average Bonchev–Trinajstić information content (AvgIpc) is 3.82. The Bertz CT molecular complexity index is 3700. The normalized spacial score (nSPS) is 13.5. The van der Waals surface area contributed by atoms with E-state index in [0.717, 1.165) is 56.7 Å². The Morgan fingerprint density at radius 2 is 1.05 bits per heavy atom. The Hall–Kier alpha value is -9.30. The molecule has 1 atom stereocenters. The number of H-pyrrole nitrogens is 2. The summed E-state index contributed by atoms with van der Waals surface area (Å²) in [5, 5.41) is 12.2. The monoisotopic (exact) mass is 1160 g/mol. The first-order valence-electron chi connectivity index (χ1n) is 26.5. The Balaban J connectivity index is 0.000000219. The number of amides is 6. The van der Waals surface area contributed by atoms with Crippen molar-refractivity contribution in [3.8, 4) is 0 Å². The summed E-state index contributed by atoms with van der Waals surface area (Å²) >= 11 is 0. The Kier molecular flexibility index (Phi) is 18.4. The molecule has 9 rings (SSSR count). The van der Waals surface area contributed by atoms with Gasteiger partial charge >= 0.3 is 24.4 Å². The first-order valence-corrected chi connectivity index (χ1v) is 26.5. The summed E-state index contributed by atoms with van der Waals surface area (Å²) in [6.45, 7) is 6.53. The SMILES string of the molecule is Cc1ccc(C(=O)Nc2cc(C(F)(F)F)ccc2N(C)C2CCN(C)C2)cc1NC(=O)N(C)c1ncnc2[nH]ccc12.Cc1ccc(C(=O)Nc2cc(C(F)(F)F)ccc2N(C)CCCN(C)C)cc1NC(=O)N(C)c1ncnc2[nH]ccc12. The second-order valence-corrected chi connectivity index (χ2v) is 20.7. The summed E-state index contributed by atoms with van der Waals surface area (Å²) < 4.78 is 81.4. The predicted molar refractivity (Wildman–Crippen MR) is 315 cm³/mol. The zero-order valence-electron chi connectivity index (χ0n) is 47.6. The number of fused-ring (bicyclic) bond motifs is 2. The summed E-state index contributed by atoms with van der Waals surface area (Å²) in [6.07, 6.45) is -1.45. The second kappa shape index (κ2) is 25.5. The molecular formula is C58H64F6N16O4. The van der Waals surface area contributed by atoms with Gasteiger partial charge in [-0.05, 0) is 145 Å². The maximum absolute atomic E-state index is 13.6. The van der Waals surface area contributed by atoms with Gasteiger partial charge in [0.15, 0.2) is 0 Å². The number of alkyl halides is 6. The number of aromatic nitrogens is 6. The highest BCUT2D eigenvalue weighted by Gasteiger charge is 2.34. The second-order valence-electron chi connectivity index (χ2n) is 20.7. The molecule has 20 nitrogen and oxygen atoms in total. The van der Waals surface area contributed by atoms with Crippen molar-refractivity contribution >= 4 is 91.7 Å². The molecule has 0 aliphatic carbocycles. The van der Waals surface area contributed by atoms with E-state index in [0.29, 0.717) is 74.1 Å². The van der Waals surface area contributed by atoms with Crippen LogP contribution in [0.5, 0.6) is 0 Å². The van der Waals surface area contributed by atoms with Gasteiger partial charge in [-0.25, -0.2) is 29.5 Å². The molecule has 4 aromatic heterocycles. The van der Waals surface area contributed by atoms with Gasteiger partial charge in [0.25, 0.3) is 11.8 Å². The minimum Gasteiger partial charge on any atom is -0.373 e. The summed E-state index contributed by atoms with van der Waals surface area (Å²) in [4.78, 5) is 86.1. The van der Waals surface area contributed by atoms with Crippen molar-refractivity contribution in [3.63, 3.8) is 0 Å². The number of hydrogen-bond acceptors (Lipinski definition) is 12. The highest BCUT2D eigenvalue weighted by Crippen LogP contribution is 2.38. The largest absolute Gasteiger partial charge is 0.416 e. The zero-order valence-corrected chi connectivity index (χ0v) is 47.6.